The van der Waals surface area contributed by atoms with Crippen molar-refractivity contribution >= 4 is 21.8 Å². The summed E-state index contributed by atoms with van der Waals surface area (Å²) in [5.41, 5.74) is 0. The summed E-state index contributed by atoms with van der Waals surface area (Å²) in [5, 5.41) is 0. The second kappa shape index (κ2) is 3.37. The Labute approximate surface area is 69.7 Å². The minimum Gasteiger partial charge on any atom is -0.330 e. The molecule has 0 N–H and O–H groups in total. The molecule has 3 heteroatoms. The average molecular weight is 206 g/mol. The summed E-state index contributed by atoms with van der Waals surface area (Å²) < 4.78 is 0. The molecule has 0 spiro atoms. The van der Waals surface area contributed by atoms with E-state index >= 15 is 0 Å². The maximum absolute atomic E-state index is 11.1. The number of alkyl halides is 1. The number of amides is 1. The van der Waals surface area contributed by atoms with Crippen LogP contribution >= 0.6 is 15.9 Å². The maximum Gasteiger partial charge on any atom is 0.223 e. The van der Waals surface area contributed by atoms with Crippen LogP contribution in [0, 0.1) is 0 Å². The fraction of sp³-hybridized carbons (Fsp3) is 0.857. The molecule has 0 aliphatic carbocycles. The van der Waals surface area contributed by atoms with Crippen molar-refractivity contribution < 1.29 is 4.79 Å². The fourth-order valence-corrected chi connectivity index (χ4v) is 1.97. The maximum atomic E-state index is 11.1. The SMILES string of the molecule is CCC(=O)N1CCCC1Br. The topological polar surface area (TPSA) is 20.3 Å². The van der Waals surface area contributed by atoms with Crippen molar-refractivity contribution in [3.8, 4) is 0 Å². The number of nitrogens with zero attached hydrogens (tertiary/aromatic N) is 1. The summed E-state index contributed by atoms with van der Waals surface area (Å²) in [5.74, 6) is 0.263. The standard InChI is InChI=1S/C7H12BrNO/c1-2-7(10)9-5-3-4-6(9)8/h6H,2-5H2,1H3. The normalized spacial score (nSPS) is 25.4. The first kappa shape index (κ1) is 8.05. The summed E-state index contributed by atoms with van der Waals surface area (Å²) in [6.45, 7) is 2.84. The van der Waals surface area contributed by atoms with Gasteiger partial charge in [-0.2, -0.15) is 0 Å². The van der Waals surface area contributed by atoms with Crippen molar-refractivity contribution in [1.29, 1.82) is 0 Å². The second-order valence-electron chi connectivity index (χ2n) is 2.52. The van der Waals surface area contributed by atoms with Gasteiger partial charge in [-0.15, -0.1) is 0 Å². The molecule has 1 amide bonds. The lowest BCUT2D eigenvalue weighted by Crippen LogP contribution is -2.31. The van der Waals surface area contributed by atoms with Crippen molar-refractivity contribution in [2.45, 2.75) is 31.1 Å². The van der Waals surface area contributed by atoms with Gasteiger partial charge in [-0.05, 0) is 12.8 Å². The number of carbonyl (C=O) groups excluding carboxylic acids is 1. The van der Waals surface area contributed by atoms with Crippen molar-refractivity contribution in [2.75, 3.05) is 6.54 Å². The van der Waals surface area contributed by atoms with Gasteiger partial charge in [-0.3, -0.25) is 4.79 Å². The summed E-state index contributed by atoms with van der Waals surface area (Å²) >= 11 is 3.45. The van der Waals surface area contributed by atoms with E-state index in [1.165, 1.54) is 0 Å². The van der Waals surface area contributed by atoms with E-state index in [1.54, 1.807) is 0 Å². The van der Waals surface area contributed by atoms with Crippen LogP contribution in [0.3, 0.4) is 0 Å². The molecule has 1 fully saturated rings. The van der Waals surface area contributed by atoms with Gasteiger partial charge >= 0.3 is 0 Å². The van der Waals surface area contributed by atoms with E-state index in [9.17, 15) is 4.79 Å². The molecule has 1 rings (SSSR count). The van der Waals surface area contributed by atoms with Gasteiger partial charge < -0.3 is 4.90 Å². The van der Waals surface area contributed by atoms with E-state index in [0.29, 0.717) is 11.4 Å². The Morgan fingerprint density at radius 2 is 2.50 bits per heavy atom. The number of likely N-dealkylation sites (tertiary alicyclic amines) is 1. The molecule has 0 bridgehead atoms. The van der Waals surface area contributed by atoms with Crippen LogP contribution < -0.4 is 0 Å². The molecule has 0 saturated carbocycles. The molecule has 0 aromatic heterocycles. The molecule has 1 aliphatic heterocycles. The molecule has 1 atom stereocenters. The van der Waals surface area contributed by atoms with E-state index in [2.05, 4.69) is 15.9 Å². The highest BCUT2D eigenvalue weighted by atomic mass is 79.9. The average Bonchev–Trinajstić information content (AvgIpc) is 2.34. The number of hydrogen-bond acceptors (Lipinski definition) is 1. The van der Waals surface area contributed by atoms with Gasteiger partial charge in [0.25, 0.3) is 0 Å². The molecule has 0 aromatic rings. The number of rotatable bonds is 1. The van der Waals surface area contributed by atoms with Gasteiger partial charge in [-0.1, -0.05) is 22.9 Å². The van der Waals surface area contributed by atoms with Crippen LogP contribution in [0.2, 0.25) is 0 Å². The van der Waals surface area contributed by atoms with Gasteiger partial charge in [0.2, 0.25) is 5.91 Å². The number of halogens is 1. The Morgan fingerprint density at radius 3 is 2.90 bits per heavy atom. The quantitative estimate of drug-likeness (QED) is 0.472. The molecule has 0 radical (unpaired) electrons. The van der Waals surface area contributed by atoms with E-state index < -0.39 is 0 Å². The Morgan fingerprint density at radius 1 is 1.80 bits per heavy atom. The summed E-state index contributed by atoms with van der Waals surface area (Å²) in [7, 11) is 0. The fourth-order valence-electron chi connectivity index (χ4n) is 1.21. The zero-order valence-corrected chi connectivity index (χ0v) is 7.73. The predicted molar refractivity (Wildman–Crippen MR) is 44.0 cm³/mol. The summed E-state index contributed by atoms with van der Waals surface area (Å²) in [6.07, 6.45) is 2.87. The van der Waals surface area contributed by atoms with E-state index in [0.717, 1.165) is 19.4 Å². The Kier molecular flexibility index (Phi) is 2.72. The lowest BCUT2D eigenvalue weighted by molar-refractivity contribution is -0.130. The Bertz CT molecular complexity index is 138. The van der Waals surface area contributed by atoms with Gasteiger partial charge in [0.15, 0.2) is 0 Å². The van der Waals surface area contributed by atoms with Crippen LogP contribution in [0.1, 0.15) is 26.2 Å². The second-order valence-corrected chi connectivity index (χ2v) is 3.57. The van der Waals surface area contributed by atoms with Crippen LogP contribution in [0.25, 0.3) is 0 Å². The van der Waals surface area contributed by atoms with Crippen LogP contribution in [0.15, 0.2) is 0 Å². The first-order valence-corrected chi connectivity index (χ1v) is 4.60. The summed E-state index contributed by atoms with van der Waals surface area (Å²) in [4.78, 5) is 13.3. The van der Waals surface area contributed by atoms with Crippen LogP contribution in [-0.4, -0.2) is 22.3 Å². The van der Waals surface area contributed by atoms with Crippen molar-refractivity contribution in [3.05, 3.63) is 0 Å². The monoisotopic (exact) mass is 205 g/mol. The van der Waals surface area contributed by atoms with Crippen LogP contribution in [0.4, 0.5) is 0 Å². The van der Waals surface area contributed by atoms with Gasteiger partial charge in [0, 0.05) is 13.0 Å². The van der Waals surface area contributed by atoms with Gasteiger partial charge in [0.05, 0.1) is 4.95 Å². The van der Waals surface area contributed by atoms with Crippen LogP contribution in [-0.2, 0) is 4.79 Å². The molecule has 0 aromatic carbocycles. The van der Waals surface area contributed by atoms with Crippen molar-refractivity contribution in [3.63, 3.8) is 0 Å². The number of hydrogen-bond donors (Lipinski definition) is 0. The third-order valence-electron chi connectivity index (χ3n) is 1.80. The molecule has 2 nitrogen and oxygen atoms in total. The van der Waals surface area contributed by atoms with E-state index in [-0.39, 0.29) is 5.91 Å². The number of carbonyl (C=O) groups is 1. The molecule has 1 heterocycles. The van der Waals surface area contributed by atoms with E-state index in [4.69, 9.17) is 0 Å². The molecule has 10 heavy (non-hydrogen) atoms. The van der Waals surface area contributed by atoms with Crippen molar-refractivity contribution in [1.82, 2.24) is 4.90 Å². The lowest BCUT2D eigenvalue weighted by Gasteiger charge is -2.18. The first-order chi connectivity index (χ1) is 4.75. The lowest BCUT2D eigenvalue weighted by atomic mass is 10.4. The molecule has 1 aliphatic rings. The molecule has 58 valence electrons. The molecule has 1 unspecified atom stereocenters. The van der Waals surface area contributed by atoms with Gasteiger partial charge in [0.1, 0.15) is 0 Å². The third-order valence-corrected chi connectivity index (χ3v) is 2.75. The van der Waals surface area contributed by atoms with E-state index in [1.807, 2.05) is 11.8 Å². The van der Waals surface area contributed by atoms with Crippen LogP contribution in [0.5, 0.6) is 0 Å². The highest BCUT2D eigenvalue weighted by Gasteiger charge is 2.24. The highest BCUT2D eigenvalue weighted by molar-refractivity contribution is 9.09. The molecular weight excluding hydrogens is 194 g/mol. The Balaban J connectivity index is 2.46. The third kappa shape index (κ3) is 1.51. The molecule has 1 saturated heterocycles. The highest BCUT2D eigenvalue weighted by Crippen LogP contribution is 2.22. The first-order valence-electron chi connectivity index (χ1n) is 3.69. The van der Waals surface area contributed by atoms with Gasteiger partial charge in [-0.25, -0.2) is 0 Å². The summed E-state index contributed by atoms with van der Waals surface area (Å²) in [6, 6.07) is 0. The minimum atomic E-state index is 0.263. The predicted octanol–water partition coefficient (Wildman–Crippen LogP) is 1.74. The van der Waals surface area contributed by atoms with Crippen molar-refractivity contribution in [2.24, 2.45) is 0 Å². The Hall–Kier alpha value is -0.0500. The molecular formula is C7H12BrNO. The smallest absolute Gasteiger partial charge is 0.223 e. The zero-order chi connectivity index (χ0) is 7.56. The zero-order valence-electron chi connectivity index (χ0n) is 6.14. The largest absolute Gasteiger partial charge is 0.330 e. The minimum absolute atomic E-state index is 0.263.